The smallest absolute Gasteiger partial charge is 0.220 e. The van der Waals surface area contributed by atoms with Crippen LogP contribution in [0.3, 0.4) is 0 Å². The molecule has 0 fully saturated rings. The van der Waals surface area contributed by atoms with Crippen molar-refractivity contribution in [3.63, 3.8) is 0 Å². The van der Waals surface area contributed by atoms with Gasteiger partial charge in [0, 0.05) is 22.0 Å². The van der Waals surface area contributed by atoms with E-state index in [0.717, 1.165) is 3.57 Å². The first-order chi connectivity index (χ1) is 9.65. The Hall–Kier alpha value is -1.63. The average molecular weight is 383 g/mol. The van der Waals surface area contributed by atoms with Crippen LogP contribution in [-0.2, 0) is 11.3 Å². The first-order valence-electron chi connectivity index (χ1n) is 6.23. The molecule has 0 radical (unpaired) electrons. The normalized spacial score (nSPS) is 10.2. The van der Waals surface area contributed by atoms with Gasteiger partial charge in [-0.2, -0.15) is 0 Å². The van der Waals surface area contributed by atoms with Crippen LogP contribution in [0.5, 0.6) is 0 Å². The Labute approximate surface area is 130 Å². The van der Waals surface area contributed by atoms with Gasteiger partial charge in [-0.3, -0.25) is 9.59 Å². The second kappa shape index (κ2) is 7.23. The lowest BCUT2D eigenvalue weighted by molar-refractivity contribution is -0.121. The van der Waals surface area contributed by atoms with Crippen molar-refractivity contribution in [2.75, 3.05) is 0 Å². The summed E-state index contributed by atoms with van der Waals surface area (Å²) in [6.07, 6.45) is 1.96. The van der Waals surface area contributed by atoms with E-state index in [1.807, 2.05) is 12.1 Å². The summed E-state index contributed by atoms with van der Waals surface area (Å²) in [7, 11) is 0. The largest absolute Gasteiger partial charge is 0.467 e. The number of hydrogen-bond donors (Lipinski definition) is 1. The van der Waals surface area contributed by atoms with E-state index in [1.54, 1.807) is 30.5 Å². The second-order valence-corrected chi connectivity index (χ2v) is 5.53. The minimum atomic E-state index is -0.153. The molecule has 4 nitrogen and oxygen atoms in total. The van der Waals surface area contributed by atoms with Crippen LogP contribution in [0.4, 0.5) is 0 Å². The number of hydrogen-bond acceptors (Lipinski definition) is 3. The number of amides is 1. The van der Waals surface area contributed by atoms with Gasteiger partial charge in [-0.15, -0.1) is 0 Å². The van der Waals surface area contributed by atoms with Gasteiger partial charge in [-0.05, 0) is 46.9 Å². The molecule has 0 aliphatic carbocycles. The average Bonchev–Trinajstić information content (AvgIpc) is 2.96. The number of ketones is 1. The number of nitrogens with one attached hydrogen (secondary N) is 1. The van der Waals surface area contributed by atoms with E-state index >= 15 is 0 Å². The Kier molecular flexibility index (Phi) is 5.34. The fourth-order valence-corrected chi connectivity index (χ4v) is 2.05. The molecule has 1 amide bonds. The highest BCUT2D eigenvalue weighted by Crippen LogP contribution is 2.10. The first-order valence-corrected chi connectivity index (χ1v) is 7.31. The number of rotatable bonds is 6. The lowest BCUT2D eigenvalue weighted by Crippen LogP contribution is -2.23. The third kappa shape index (κ3) is 4.48. The lowest BCUT2D eigenvalue weighted by Gasteiger charge is -2.03. The van der Waals surface area contributed by atoms with Crippen LogP contribution in [0.1, 0.15) is 29.0 Å². The fraction of sp³-hybridized carbons (Fsp3) is 0.200. The number of carbonyl (C=O) groups is 2. The van der Waals surface area contributed by atoms with Crippen molar-refractivity contribution in [1.82, 2.24) is 5.32 Å². The van der Waals surface area contributed by atoms with Crippen molar-refractivity contribution < 1.29 is 14.0 Å². The van der Waals surface area contributed by atoms with E-state index < -0.39 is 0 Å². The summed E-state index contributed by atoms with van der Waals surface area (Å²) in [5.41, 5.74) is 0.643. The molecular formula is C15H14INO3. The third-order valence-electron chi connectivity index (χ3n) is 2.79. The molecule has 104 valence electrons. The van der Waals surface area contributed by atoms with E-state index in [1.165, 1.54) is 0 Å². The van der Waals surface area contributed by atoms with E-state index in [0.29, 0.717) is 17.9 Å². The Balaban J connectivity index is 1.75. The molecule has 1 aromatic carbocycles. The fourth-order valence-electron chi connectivity index (χ4n) is 1.69. The van der Waals surface area contributed by atoms with Gasteiger partial charge < -0.3 is 9.73 Å². The summed E-state index contributed by atoms with van der Waals surface area (Å²) in [5.74, 6) is 0.525. The number of Topliss-reactive ketones (excluding diaryl/α,β-unsaturated/α-hetero) is 1. The molecule has 0 spiro atoms. The van der Waals surface area contributed by atoms with Crippen LogP contribution in [-0.4, -0.2) is 11.7 Å². The minimum Gasteiger partial charge on any atom is -0.467 e. The third-order valence-corrected chi connectivity index (χ3v) is 3.50. The summed E-state index contributed by atoms with van der Waals surface area (Å²) in [6, 6.07) is 10.9. The summed E-state index contributed by atoms with van der Waals surface area (Å²) < 4.78 is 6.19. The highest BCUT2D eigenvalue weighted by atomic mass is 127. The van der Waals surface area contributed by atoms with E-state index in [4.69, 9.17) is 4.42 Å². The molecule has 0 atom stereocenters. The molecule has 0 aliphatic rings. The summed E-state index contributed by atoms with van der Waals surface area (Å²) in [5, 5.41) is 2.71. The van der Waals surface area contributed by atoms with Crippen molar-refractivity contribution in [1.29, 1.82) is 0 Å². The number of benzene rings is 1. The predicted octanol–water partition coefficient (Wildman–Crippen LogP) is 3.16. The van der Waals surface area contributed by atoms with E-state index in [9.17, 15) is 9.59 Å². The van der Waals surface area contributed by atoms with Gasteiger partial charge in [0.15, 0.2) is 5.78 Å². The maximum absolute atomic E-state index is 11.9. The van der Waals surface area contributed by atoms with Crippen LogP contribution in [0.15, 0.2) is 47.1 Å². The second-order valence-electron chi connectivity index (χ2n) is 4.29. The van der Waals surface area contributed by atoms with Gasteiger partial charge in [0.2, 0.25) is 5.91 Å². The molecule has 0 saturated carbocycles. The molecule has 0 aliphatic heterocycles. The first kappa shape index (κ1) is 14.8. The van der Waals surface area contributed by atoms with Crippen molar-refractivity contribution in [2.45, 2.75) is 19.4 Å². The highest BCUT2D eigenvalue weighted by Gasteiger charge is 2.09. The van der Waals surface area contributed by atoms with Crippen molar-refractivity contribution in [2.24, 2.45) is 0 Å². The predicted molar refractivity (Wildman–Crippen MR) is 83.3 cm³/mol. The molecule has 1 heterocycles. The Bertz CT molecular complexity index is 576. The molecular weight excluding hydrogens is 369 g/mol. The molecule has 1 N–H and O–H groups in total. The summed E-state index contributed by atoms with van der Waals surface area (Å²) in [4.78, 5) is 23.5. The van der Waals surface area contributed by atoms with Crippen LogP contribution >= 0.6 is 22.6 Å². The van der Waals surface area contributed by atoms with Crippen molar-refractivity contribution >= 4 is 34.3 Å². The molecule has 2 aromatic rings. The maximum atomic E-state index is 11.9. The number of halogens is 1. The SMILES string of the molecule is O=C(CCC(=O)c1ccc(I)cc1)NCc1ccco1. The Morgan fingerprint density at radius 2 is 1.85 bits per heavy atom. The van der Waals surface area contributed by atoms with E-state index in [-0.39, 0.29) is 24.5 Å². The molecule has 5 heteroatoms. The van der Waals surface area contributed by atoms with Gasteiger partial charge >= 0.3 is 0 Å². The summed E-state index contributed by atoms with van der Waals surface area (Å²) in [6.45, 7) is 0.351. The maximum Gasteiger partial charge on any atom is 0.220 e. The molecule has 1 aromatic heterocycles. The zero-order chi connectivity index (χ0) is 14.4. The summed E-state index contributed by atoms with van der Waals surface area (Å²) >= 11 is 2.18. The lowest BCUT2D eigenvalue weighted by atomic mass is 10.1. The number of carbonyl (C=O) groups excluding carboxylic acids is 2. The van der Waals surface area contributed by atoms with Crippen LogP contribution in [0.2, 0.25) is 0 Å². The monoisotopic (exact) mass is 383 g/mol. The van der Waals surface area contributed by atoms with Gasteiger partial charge in [-0.25, -0.2) is 0 Å². The zero-order valence-corrected chi connectivity index (χ0v) is 12.9. The van der Waals surface area contributed by atoms with Crippen LogP contribution in [0.25, 0.3) is 0 Å². The quantitative estimate of drug-likeness (QED) is 0.616. The topological polar surface area (TPSA) is 59.3 Å². The van der Waals surface area contributed by atoms with Crippen LogP contribution < -0.4 is 5.32 Å². The Morgan fingerprint density at radius 1 is 1.10 bits per heavy atom. The van der Waals surface area contributed by atoms with E-state index in [2.05, 4.69) is 27.9 Å². The van der Waals surface area contributed by atoms with Crippen LogP contribution in [0, 0.1) is 3.57 Å². The molecule has 0 unspecified atom stereocenters. The molecule has 2 rings (SSSR count). The molecule has 0 saturated heterocycles. The number of furan rings is 1. The van der Waals surface area contributed by atoms with Gasteiger partial charge in [0.05, 0.1) is 12.8 Å². The zero-order valence-electron chi connectivity index (χ0n) is 10.8. The van der Waals surface area contributed by atoms with Crippen molar-refractivity contribution in [3.05, 3.63) is 57.6 Å². The highest BCUT2D eigenvalue weighted by molar-refractivity contribution is 14.1. The molecule has 20 heavy (non-hydrogen) atoms. The van der Waals surface area contributed by atoms with Crippen molar-refractivity contribution in [3.8, 4) is 0 Å². The van der Waals surface area contributed by atoms with Gasteiger partial charge in [0.1, 0.15) is 5.76 Å². The Morgan fingerprint density at radius 3 is 2.50 bits per heavy atom. The minimum absolute atomic E-state index is 0.0189. The van der Waals surface area contributed by atoms with Gasteiger partial charge in [-0.1, -0.05) is 12.1 Å². The van der Waals surface area contributed by atoms with Gasteiger partial charge in [0.25, 0.3) is 0 Å². The molecule has 0 bridgehead atoms. The standard InChI is InChI=1S/C15H14INO3/c16-12-5-3-11(4-6-12)14(18)7-8-15(19)17-10-13-2-1-9-20-13/h1-6,9H,7-8,10H2,(H,17,19).